The quantitative estimate of drug-likeness (QED) is 0.785. The van der Waals surface area contributed by atoms with E-state index in [1.165, 1.54) is 9.21 Å². The van der Waals surface area contributed by atoms with Gasteiger partial charge in [-0.15, -0.1) is 0 Å². The lowest BCUT2D eigenvalue weighted by Gasteiger charge is -2.29. The maximum atomic E-state index is 12.6. The highest BCUT2D eigenvalue weighted by atomic mass is 32.2. The van der Waals surface area contributed by atoms with Crippen molar-refractivity contribution in [1.29, 1.82) is 0 Å². The van der Waals surface area contributed by atoms with Gasteiger partial charge in [-0.05, 0) is 32.1 Å². The Bertz CT molecular complexity index is 519. The van der Waals surface area contributed by atoms with E-state index in [4.69, 9.17) is 5.11 Å². The van der Waals surface area contributed by atoms with Crippen molar-refractivity contribution < 1.29 is 23.1 Å². The summed E-state index contributed by atoms with van der Waals surface area (Å²) in [5.41, 5.74) is 0. The van der Waals surface area contributed by atoms with Crippen LogP contribution >= 0.6 is 0 Å². The van der Waals surface area contributed by atoms with Crippen molar-refractivity contribution in [2.45, 2.75) is 51.1 Å². The Morgan fingerprint density at radius 2 is 1.76 bits per heavy atom. The summed E-state index contributed by atoms with van der Waals surface area (Å²) in [4.78, 5) is 25.1. The highest BCUT2D eigenvalue weighted by molar-refractivity contribution is 7.89. The van der Waals surface area contributed by atoms with Gasteiger partial charge >= 0.3 is 5.97 Å². The number of carboxylic acids is 1. The van der Waals surface area contributed by atoms with Crippen LogP contribution in [0, 0.1) is 0 Å². The van der Waals surface area contributed by atoms with Gasteiger partial charge in [-0.1, -0.05) is 6.92 Å². The van der Waals surface area contributed by atoms with Crippen molar-refractivity contribution in [1.82, 2.24) is 9.21 Å². The normalized spacial score (nSPS) is 27.2. The first-order valence-corrected chi connectivity index (χ1v) is 9.02. The smallest absolute Gasteiger partial charge is 0.326 e. The number of rotatable bonds is 5. The van der Waals surface area contributed by atoms with Crippen LogP contribution in [0.25, 0.3) is 0 Å². The average Bonchev–Trinajstić information content (AvgIpc) is 3.07. The third kappa shape index (κ3) is 3.21. The van der Waals surface area contributed by atoms with Crippen LogP contribution in [0.1, 0.15) is 39.0 Å². The van der Waals surface area contributed by atoms with Gasteiger partial charge in [-0.25, -0.2) is 13.2 Å². The van der Waals surface area contributed by atoms with Crippen LogP contribution in [0.4, 0.5) is 0 Å². The second-order valence-corrected chi connectivity index (χ2v) is 7.65. The molecule has 2 atom stereocenters. The third-order valence-corrected chi connectivity index (χ3v) is 6.20. The molecular formula is C13H22N2O5S. The van der Waals surface area contributed by atoms with Gasteiger partial charge in [0, 0.05) is 13.1 Å². The fourth-order valence-electron chi connectivity index (χ4n) is 3.17. The zero-order valence-corrected chi connectivity index (χ0v) is 13.0. The van der Waals surface area contributed by atoms with Crippen molar-refractivity contribution in [3.63, 3.8) is 0 Å². The minimum absolute atomic E-state index is 0.0269. The van der Waals surface area contributed by atoms with Crippen LogP contribution in [-0.2, 0) is 19.6 Å². The molecule has 0 aromatic heterocycles. The number of carbonyl (C=O) groups excluding carboxylic acids is 1. The molecule has 7 nitrogen and oxygen atoms in total. The van der Waals surface area contributed by atoms with Gasteiger partial charge in [0.15, 0.2) is 0 Å². The van der Waals surface area contributed by atoms with Crippen LogP contribution in [-0.4, -0.2) is 65.5 Å². The topological polar surface area (TPSA) is 95.0 Å². The lowest BCUT2D eigenvalue weighted by atomic mass is 10.1. The molecule has 0 bridgehead atoms. The molecule has 8 heteroatoms. The molecule has 0 aliphatic carbocycles. The van der Waals surface area contributed by atoms with Gasteiger partial charge in [-0.2, -0.15) is 4.31 Å². The van der Waals surface area contributed by atoms with Crippen molar-refractivity contribution in [2.24, 2.45) is 0 Å². The molecule has 2 aliphatic heterocycles. The number of hydrogen-bond donors (Lipinski definition) is 1. The number of hydrogen-bond acceptors (Lipinski definition) is 4. The van der Waals surface area contributed by atoms with Gasteiger partial charge in [0.2, 0.25) is 15.9 Å². The fraction of sp³-hybridized carbons (Fsp3) is 0.846. The lowest BCUT2D eigenvalue weighted by Crippen LogP contribution is -2.51. The van der Waals surface area contributed by atoms with Crippen LogP contribution in [0.5, 0.6) is 0 Å². The molecule has 2 heterocycles. The van der Waals surface area contributed by atoms with Crippen molar-refractivity contribution in [3.05, 3.63) is 0 Å². The fourth-order valence-corrected chi connectivity index (χ4v) is 4.91. The third-order valence-electron chi connectivity index (χ3n) is 4.13. The highest BCUT2D eigenvalue weighted by Gasteiger charge is 2.43. The van der Waals surface area contributed by atoms with E-state index in [0.717, 1.165) is 0 Å². The largest absolute Gasteiger partial charge is 0.480 e. The maximum Gasteiger partial charge on any atom is 0.326 e. The standard InChI is InChI=1S/C13H22N2O5S/c1-2-9-21(19,20)15-8-4-5-10(15)12(16)14-7-3-6-11(14)13(17)18/h10-11H,2-9H2,1H3,(H,17,18). The Morgan fingerprint density at radius 1 is 1.14 bits per heavy atom. The predicted molar refractivity (Wildman–Crippen MR) is 76.2 cm³/mol. The molecule has 0 saturated carbocycles. The van der Waals surface area contributed by atoms with E-state index in [-0.39, 0.29) is 11.7 Å². The monoisotopic (exact) mass is 318 g/mol. The molecule has 1 amide bonds. The molecular weight excluding hydrogens is 296 g/mol. The van der Waals surface area contributed by atoms with Gasteiger partial charge in [0.25, 0.3) is 0 Å². The van der Waals surface area contributed by atoms with Crippen LogP contribution in [0.15, 0.2) is 0 Å². The zero-order valence-electron chi connectivity index (χ0n) is 12.2. The van der Waals surface area contributed by atoms with E-state index in [0.29, 0.717) is 45.2 Å². The molecule has 0 spiro atoms. The first kappa shape index (κ1) is 16.2. The molecule has 0 radical (unpaired) electrons. The second-order valence-electron chi connectivity index (χ2n) is 5.61. The highest BCUT2D eigenvalue weighted by Crippen LogP contribution is 2.27. The van der Waals surface area contributed by atoms with Gasteiger partial charge in [-0.3, -0.25) is 4.79 Å². The Kier molecular flexibility index (Phi) is 4.88. The van der Waals surface area contributed by atoms with Gasteiger partial charge in [0.1, 0.15) is 12.1 Å². The summed E-state index contributed by atoms with van der Waals surface area (Å²) in [6.07, 6.45) is 2.71. The maximum absolute atomic E-state index is 12.6. The number of sulfonamides is 1. The van der Waals surface area contributed by atoms with Crippen molar-refractivity contribution in [2.75, 3.05) is 18.8 Å². The number of carbonyl (C=O) groups is 2. The summed E-state index contributed by atoms with van der Waals surface area (Å²) in [7, 11) is -3.43. The first-order chi connectivity index (χ1) is 9.88. The summed E-state index contributed by atoms with van der Waals surface area (Å²) in [5, 5.41) is 9.16. The van der Waals surface area contributed by atoms with Gasteiger partial charge < -0.3 is 10.0 Å². The summed E-state index contributed by atoms with van der Waals surface area (Å²) in [6, 6.07) is -1.53. The van der Waals surface area contributed by atoms with Crippen molar-refractivity contribution in [3.8, 4) is 0 Å². The molecule has 2 fully saturated rings. The van der Waals surface area contributed by atoms with Crippen molar-refractivity contribution >= 4 is 21.9 Å². The second kappa shape index (κ2) is 6.31. The number of likely N-dealkylation sites (tertiary alicyclic amines) is 1. The SMILES string of the molecule is CCCS(=O)(=O)N1CCCC1C(=O)N1CCCC1C(=O)O. The molecule has 2 rings (SSSR count). The lowest BCUT2D eigenvalue weighted by molar-refractivity contribution is -0.149. The zero-order chi connectivity index (χ0) is 15.6. The minimum atomic E-state index is -3.43. The van der Waals surface area contributed by atoms with E-state index >= 15 is 0 Å². The minimum Gasteiger partial charge on any atom is -0.480 e. The Labute approximate surface area is 125 Å². The first-order valence-electron chi connectivity index (χ1n) is 7.41. The van der Waals surface area contributed by atoms with E-state index in [1.807, 2.05) is 0 Å². The molecule has 2 saturated heterocycles. The van der Waals surface area contributed by atoms with E-state index in [9.17, 15) is 18.0 Å². The Morgan fingerprint density at radius 3 is 2.38 bits per heavy atom. The van der Waals surface area contributed by atoms with Crippen LogP contribution in [0.3, 0.4) is 0 Å². The number of aliphatic carboxylic acids is 1. The molecule has 1 N–H and O–H groups in total. The summed E-state index contributed by atoms with van der Waals surface area (Å²) < 4.78 is 25.7. The van der Waals surface area contributed by atoms with Crippen LogP contribution in [0.2, 0.25) is 0 Å². The van der Waals surface area contributed by atoms with E-state index in [1.54, 1.807) is 6.92 Å². The number of nitrogens with zero attached hydrogens (tertiary/aromatic N) is 2. The summed E-state index contributed by atoms with van der Waals surface area (Å²) in [6.45, 7) is 2.53. The van der Waals surface area contributed by atoms with E-state index < -0.39 is 28.1 Å². The Hall–Kier alpha value is -1.15. The summed E-state index contributed by atoms with van der Waals surface area (Å²) >= 11 is 0. The molecule has 0 aromatic carbocycles. The summed E-state index contributed by atoms with van der Waals surface area (Å²) in [5.74, 6) is -1.34. The van der Waals surface area contributed by atoms with Gasteiger partial charge in [0.05, 0.1) is 5.75 Å². The molecule has 120 valence electrons. The Balaban J connectivity index is 2.16. The molecule has 2 aliphatic rings. The molecule has 0 aromatic rings. The van der Waals surface area contributed by atoms with E-state index in [2.05, 4.69) is 0 Å². The number of carboxylic acid groups (broad SMARTS) is 1. The number of amides is 1. The molecule has 21 heavy (non-hydrogen) atoms. The molecule has 2 unspecified atom stereocenters. The average molecular weight is 318 g/mol. The predicted octanol–water partition coefficient (Wildman–Crippen LogP) is 0.266. The van der Waals surface area contributed by atoms with Crippen LogP contribution < -0.4 is 0 Å².